The molecule has 0 saturated heterocycles. The third-order valence-electron chi connectivity index (χ3n) is 3.48. The maximum Gasteiger partial charge on any atom is 0.255 e. The minimum atomic E-state index is -0.120. The van der Waals surface area contributed by atoms with Gasteiger partial charge in [-0.3, -0.25) is 4.79 Å². The van der Waals surface area contributed by atoms with E-state index in [1.54, 1.807) is 12.1 Å². The first-order chi connectivity index (χ1) is 10.7. The summed E-state index contributed by atoms with van der Waals surface area (Å²) in [6.45, 7) is 4.91. The summed E-state index contributed by atoms with van der Waals surface area (Å²) in [5.74, 6) is 0.618. The molecule has 0 atom stereocenters. The molecule has 0 unspecified atom stereocenters. The Hall–Kier alpha value is -2.29. The zero-order chi connectivity index (χ0) is 15.8. The summed E-state index contributed by atoms with van der Waals surface area (Å²) in [6, 6.07) is 15.2. The van der Waals surface area contributed by atoms with E-state index in [-0.39, 0.29) is 5.91 Å². The van der Waals surface area contributed by atoms with Gasteiger partial charge in [-0.05, 0) is 48.7 Å². The first-order valence-corrected chi connectivity index (χ1v) is 7.86. The van der Waals surface area contributed by atoms with E-state index in [9.17, 15) is 4.79 Å². The van der Waals surface area contributed by atoms with E-state index in [1.165, 1.54) is 5.56 Å². The van der Waals surface area contributed by atoms with Crippen LogP contribution in [0.3, 0.4) is 0 Å². The summed E-state index contributed by atoms with van der Waals surface area (Å²) in [4.78, 5) is 12.3. The third kappa shape index (κ3) is 4.62. The highest BCUT2D eigenvalue weighted by molar-refractivity contribution is 6.04. The summed E-state index contributed by atoms with van der Waals surface area (Å²) in [5, 5.41) is 2.91. The van der Waals surface area contributed by atoms with Crippen LogP contribution in [0.15, 0.2) is 48.5 Å². The highest BCUT2D eigenvalue weighted by Gasteiger charge is 2.07. The van der Waals surface area contributed by atoms with Gasteiger partial charge in [0, 0.05) is 11.3 Å². The molecule has 0 aromatic heterocycles. The Labute approximate surface area is 132 Å². The van der Waals surface area contributed by atoms with Crippen molar-refractivity contribution in [1.29, 1.82) is 0 Å². The number of rotatable bonds is 7. The van der Waals surface area contributed by atoms with Crippen molar-refractivity contribution < 1.29 is 9.53 Å². The minimum Gasteiger partial charge on any atom is -0.494 e. The molecule has 0 heterocycles. The molecule has 3 nitrogen and oxygen atoms in total. The number of benzene rings is 2. The van der Waals surface area contributed by atoms with E-state index in [4.69, 9.17) is 4.74 Å². The number of hydrogen-bond donors (Lipinski definition) is 1. The Morgan fingerprint density at radius 2 is 1.86 bits per heavy atom. The molecule has 1 amide bonds. The van der Waals surface area contributed by atoms with Gasteiger partial charge < -0.3 is 10.1 Å². The summed E-state index contributed by atoms with van der Waals surface area (Å²) in [5.41, 5.74) is 2.66. The lowest BCUT2D eigenvalue weighted by Gasteiger charge is -2.09. The van der Waals surface area contributed by atoms with Gasteiger partial charge >= 0.3 is 0 Å². The molecule has 0 aliphatic heterocycles. The van der Waals surface area contributed by atoms with Gasteiger partial charge in [0.15, 0.2) is 0 Å². The van der Waals surface area contributed by atoms with Crippen LogP contribution in [0.1, 0.15) is 42.6 Å². The van der Waals surface area contributed by atoms with Gasteiger partial charge in [-0.25, -0.2) is 0 Å². The van der Waals surface area contributed by atoms with Gasteiger partial charge in [0.25, 0.3) is 5.91 Å². The van der Waals surface area contributed by atoms with Crippen molar-refractivity contribution in [2.24, 2.45) is 0 Å². The molecule has 0 radical (unpaired) electrons. The molecule has 1 N–H and O–H groups in total. The van der Waals surface area contributed by atoms with Crippen LogP contribution in [-0.4, -0.2) is 12.5 Å². The third-order valence-corrected chi connectivity index (χ3v) is 3.48. The topological polar surface area (TPSA) is 38.3 Å². The Kier molecular flexibility index (Phi) is 6.01. The van der Waals surface area contributed by atoms with Gasteiger partial charge in [-0.15, -0.1) is 0 Å². The standard InChI is InChI=1S/C19H23NO2/c1-3-5-13-22-18-8-6-7-16(14-18)19(21)20-17-11-9-15(4-2)10-12-17/h6-12,14H,3-5,13H2,1-2H3,(H,20,21). The quantitative estimate of drug-likeness (QED) is 0.753. The molecule has 0 bridgehead atoms. The van der Waals surface area contributed by atoms with Crippen LogP contribution >= 0.6 is 0 Å². The summed E-state index contributed by atoms with van der Waals surface area (Å²) < 4.78 is 5.64. The highest BCUT2D eigenvalue weighted by atomic mass is 16.5. The second-order valence-electron chi connectivity index (χ2n) is 5.23. The minimum absolute atomic E-state index is 0.120. The van der Waals surface area contributed by atoms with E-state index in [0.717, 1.165) is 30.7 Å². The number of anilines is 1. The first-order valence-electron chi connectivity index (χ1n) is 7.86. The molecule has 0 saturated carbocycles. The second kappa shape index (κ2) is 8.23. The lowest BCUT2D eigenvalue weighted by molar-refractivity contribution is 0.102. The number of hydrogen-bond acceptors (Lipinski definition) is 2. The predicted octanol–water partition coefficient (Wildman–Crippen LogP) is 4.68. The number of amides is 1. The predicted molar refractivity (Wildman–Crippen MR) is 90.6 cm³/mol. The van der Waals surface area contributed by atoms with Crippen molar-refractivity contribution in [3.05, 3.63) is 59.7 Å². The zero-order valence-corrected chi connectivity index (χ0v) is 13.3. The van der Waals surface area contributed by atoms with Crippen molar-refractivity contribution >= 4 is 11.6 Å². The number of ether oxygens (including phenoxy) is 1. The lowest BCUT2D eigenvalue weighted by Crippen LogP contribution is -2.12. The monoisotopic (exact) mass is 297 g/mol. The van der Waals surface area contributed by atoms with Crippen molar-refractivity contribution in [1.82, 2.24) is 0 Å². The zero-order valence-electron chi connectivity index (χ0n) is 13.3. The molecule has 3 heteroatoms. The molecule has 0 fully saturated rings. The number of unbranched alkanes of at least 4 members (excludes halogenated alkanes) is 1. The van der Waals surface area contributed by atoms with Crippen LogP contribution < -0.4 is 10.1 Å². The second-order valence-corrected chi connectivity index (χ2v) is 5.23. The average molecular weight is 297 g/mol. The molecular weight excluding hydrogens is 274 g/mol. The number of carbonyl (C=O) groups is 1. The van der Waals surface area contributed by atoms with Crippen molar-refractivity contribution in [3.8, 4) is 5.75 Å². The van der Waals surface area contributed by atoms with Gasteiger partial charge in [0.05, 0.1) is 6.61 Å². The molecule has 22 heavy (non-hydrogen) atoms. The maximum absolute atomic E-state index is 12.3. The molecule has 0 aliphatic rings. The normalized spacial score (nSPS) is 10.3. The van der Waals surface area contributed by atoms with Gasteiger partial charge in [0.1, 0.15) is 5.75 Å². The van der Waals surface area contributed by atoms with E-state index >= 15 is 0 Å². The number of aryl methyl sites for hydroxylation is 1. The Bertz CT molecular complexity index is 605. The molecule has 0 aliphatic carbocycles. The first kappa shape index (κ1) is 16.1. The lowest BCUT2D eigenvalue weighted by atomic mass is 10.1. The van der Waals surface area contributed by atoms with Crippen molar-refractivity contribution in [2.75, 3.05) is 11.9 Å². The molecule has 0 spiro atoms. The van der Waals surface area contributed by atoms with Crippen LogP contribution in [-0.2, 0) is 6.42 Å². The summed E-state index contributed by atoms with van der Waals surface area (Å²) in [7, 11) is 0. The molecular formula is C19H23NO2. The largest absolute Gasteiger partial charge is 0.494 e. The fraction of sp³-hybridized carbons (Fsp3) is 0.316. The molecule has 2 aromatic rings. The van der Waals surface area contributed by atoms with Gasteiger partial charge in [0.2, 0.25) is 0 Å². The number of nitrogens with one attached hydrogen (secondary N) is 1. The van der Waals surface area contributed by atoms with Crippen LogP contribution in [0, 0.1) is 0 Å². The Morgan fingerprint density at radius 1 is 1.09 bits per heavy atom. The Morgan fingerprint density at radius 3 is 2.55 bits per heavy atom. The molecule has 2 rings (SSSR count). The fourth-order valence-corrected chi connectivity index (χ4v) is 2.09. The van der Waals surface area contributed by atoms with Crippen molar-refractivity contribution in [2.45, 2.75) is 33.1 Å². The number of carbonyl (C=O) groups excluding carboxylic acids is 1. The fourth-order valence-electron chi connectivity index (χ4n) is 2.09. The summed E-state index contributed by atoms with van der Waals surface area (Å²) >= 11 is 0. The van der Waals surface area contributed by atoms with Crippen LogP contribution in [0.2, 0.25) is 0 Å². The van der Waals surface area contributed by atoms with Crippen molar-refractivity contribution in [3.63, 3.8) is 0 Å². The van der Waals surface area contributed by atoms with E-state index < -0.39 is 0 Å². The van der Waals surface area contributed by atoms with Crippen LogP contribution in [0.5, 0.6) is 5.75 Å². The van der Waals surface area contributed by atoms with Gasteiger partial charge in [-0.1, -0.05) is 38.5 Å². The van der Waals surface area contributed by atoms with Crippen LogP contribution in [0.25, 0.3) is 0 Å². The molecule has 2 aromatic carbocycles. The van der Waals surface area contributed by atoms with E-state index in [0.29, 0.717) is 12.2 Å². The SMILES string of the molecule is CCCCOc1cccc(C(=O)Nc2ccc(CC)cc2)c1. The Balaban J connectivity index is 2.00. The maximum atomic E-state index is 12.3. The smallest absolute Gasteiger partial charge is 0.255 e. The average Bonchev–Trinajstić information content (AvgIpc) is 2.56. The van der Waals surface area contributed by atoms with E-state index in [2.05, 4.69) is 19.2 Å². The van der Waals surface area contributed by atoms with Crippen LogP contribution in [0.4, 0.5) is 5.69 Å². The van der Waals surface area contributed by atoms with Gasteiger partial charge in [-0.2, -0.15) is 0 Å². The van der Waals surface area contributed by atoms with E-state index in [1.807, 2.05) is 36.4 Å². The highest BCUT2D eigenvalue weighted by Crippen LogP contribution is 2.16. The molecule has 116 valence electrons. The summed E-state index contributed by atoms with van der Waals surface area (Å²) in [6.07, 6.45) is 3.10.